The van der Waals surface area contributed by atoms with Gasteiger partial charge in [-0.15, -0.1) is 0 Å². The number of piperazine rings is 1. The number of rotatable bonds is 4. The molecular weight excluding hydrogens is 282 g/mol. The van der Waals surface area contributed by atoms with Crippen LogP contribution in [0.5, 0.6) is 0 Å². The van der Waals surface area contributed by atoms with E-state index in [0.717, 1.165) is 48.2 Å². The van der Waals surface area contributed by atoms with E-state index in [1.807, 2.05) is 0 Å². The lowest BCUT2D eigenvalue weighted by molar-refractivity contribution is 0.112. The van der Waals surface area contributed by atoms with E-state index in [1.54, 1.807) is 0 Å². The van der Waals surface area contributed by atoms with Crippen LogP contribution in [0.2, 0.25) is 0 Å². The first-order valence-electron chi connectivity index (χ1n) is 7.82. The fourth-order valence-corrected chi connectivity index (χ4v) is 3.83. The zero-order chi connectivity index (χ0) is 15.6. The van der Waals surface area contributed by atoms with Crippen molar-refractivity contribution in [3.63, 3.8) is 0 Å². The third-order valence-corrected chi connectivity index (χ3v) is 5.30. The van der Waals surface area contributed by atoms with E-state index in [4.69, 9.17) is 4.98 Å². The number of anilines is 1. The third-order valence-electron chi connectivity index (χ3n) is 4.26. The first-order chi connectivity index (χ1) is 9.86. The zero-order valence-corrected chi connectivity index (χ0v) is 14.7. The molecule has 21 heavy (non-hydrogen) atoms. The van der Waals surface area contributed by atoms with Gasteiger partial charge in [-0.25, -0.2) is 4.98 Å². The van der Waals surface area contributed by atoms with Gasteiger partial charge in [0.05, 0.1) is 10.6 Å². The molecule has 5 heteroatoms. The normalized spacial score (nSPS) is 18.8. The largest absolute Gasteiger partial charge is 0.346 e. The number of carbonyl (C=O) groups excluding carboxylic acids is 1. The Hall–Kier alpha value is -0.940. The molecule has 1 aliphatic heterocycles. The fourth-order valence-electron chi connectivity index (χ4n) is 2.68. The molecule has 1 fully saturated rings. The van der Waals surface area contributed by atoms with Crippen LogP contribution in [0.15, 0.2) is 0 Å². The molecule has 0 spiro atoms. The molecule has 1 atom stereocenters. The molecule has 1 aromatic rings. The molecule has 0 amide bonds. The Bertz CT molecular complexity index is 484. The highest BCUT2D eigenvalue weighted by Crippen LogP contribution is 2.33. The fraction of sp³-hybridized carbons (Fsp3) is 0.750. The summed E-state index contributed by atoms with van der Waals surface area (Å²) >= 11 is 1.54. The van der Waals surface area contributed by atoms with Gasteiger partial charge in [0.25, 0.3) is 0 Å². The number of aromatic nitrogens is 1. The van der Waals surface area contributed by atoms with Crippen molar-refractivity contribution in [2.24, 2.45) is 0 Å². The van der Waals surface area contributed by atoms with Crippen LogP contribution in [0.1, 0.15) is 56.4 Å². The number of hydrogen-bond acceptors (Lipinski definition) is 5. The smallest absolute Gasteiger partial charge is 0.186 e. The van der Waals surface area contributed by atoms with Crippen LogP contribution in [0.3, 0.4) is 0 Å². The molecule has 1 unspecified atom stereocenters. The highest BCUT2D eigenvalue weighted by molar-refractivity contribution is 7.17. The van der Waals surface area contributed by atoms with E-state index in [-0.39, 0.29) is 5.41 Å². The standard InChI is InChI=1S/C16H27N3OS/c1-6-12(2)18-7-9-19(10-8-18)15-17-14(16(3,4)5)13(11-20)21-15/h11-12H,6-10H2,1-5H3. The van der Waals surface area contributed by atoms with E-state index < -0.39 is 0 Å². The van der Waals surface area contributed by atoms with Gasteiger partial charge in [-0.3, -0.25) is 9.69 Å². The molecule has 0 saturated carbocycles. The van der Waals surface area contributed by atoms with Crippen molar-refractivity contribution in [1.29, 1.82) is 0 Å². The van der Waals surface area contributed by atoms with E-state index in [0.29, 0.717) is 6.04 Å². The lowest BCUT2D eigenvalue weighted by atomic mass is 9.91. The molecule has 0 bridgehead atoms. The predicted octanol–water partition coefficient (Wildman–Crippen LogP) is 3.17. The van der Waals surface area contributed by atoms with Gasteiger partial charge in [-0.1, -0.05) is 39.0 Å². The summed E-state index contributed by atoms with van der Waals surface area (Å²) < 4.78 is 0. The van der Waals surface area contributed by atoms with Crippen LogP contribution in [-0.4, -0.2) is 48.4 Å². The molecule has 1 saturated heterocycles. The number of aldehydes is 1. The molecule has 118 valence electrons. The number of thiazole rings is 1. The molecular formula is C16H27N3OS. The number of nitrogens with zero attached hydrogens (tertiary/aromatic N) is 3. The molecule has 0 aromatic carbocycles. The summed E-state index contributed by atoms with van der Waals surface area (Å²) in [5.74, 6) is 0. The lowest BCUT2D eigenvalue weighted by Crippen LogP contribution is -2.49. The quantitative estimate of drug-likeness (QED) is 0.801. The Balaban J connectivity index is 2.11. The Morgan fingerprint density at radius 3 is 2.33 bits per heavy atom. The van der Waals surface area contributed by atoms with Gasteiger partial charge in [0, 0.05) is 37.6 Å². The van der Waals surface area contributed by atoms with Gasteiger partial charge < -0.3 is 4.90 Å². The molecule has 2 rings (SSSR count). The first kappa shape index (κ1) is 16.4. The van der Waals surface area contributed by atoms with Crippen molar-refractivity contribution in [3.8, 4) is 0 Å². The second kappa shape index (κ2) is 6.44. The predicted molar refractivity (Wildman–Crippen MR) is 89.7 cm³/mol. The minimum absolute atomic E-state index is 0.0798. The summed E-state index contributed by atoms with van der Waals surface area (Å²) in [5, 5.41) is 1.01. The maximum absolute atomic E-state index is 11.3. The van der Waals surface area contributed by atoms with Crippen molar-refractivity contribution in [2.75, 3.05) is 31.1 Å². The second-order valence-electron chi connectivity index (χ2n) is 6.86. The Morgan fingerprint density at radius 2 is 1.90 bits per heavy atom. The van der Waals surface area contributed by atoms with Gasteiger partial charge in [-0.2, -0.15) is 0 Å². The lowest BCUT2D eigenvalue weighted by Gasteiger charge is -2.37. The highest BCUT2D eigenvalue weighted by Gasteiger charge is 2.27. The Kier molecular flexibility index (Phi) is 5.04. The summed E-state index contributed by atoms with van der Waals surface area (Å²) in [6, 6.07) is 0.652. The van der Waals surface area contributed by atoms with Crippen LogP contribution >= 0.6 is 11.3 Å². The minimum Gasteiger partial charge on any atom is -0.346 e. The second-order valence-corrected chi connectivity index (χ2v) is 7.87. The summed E-state index contributed by atoms with van der Waals surface area (Å²) in [6.45, 7) is 15.0. The van der Waals surface area contributed by atoms with Gasteiger partial charge in [0.2, 0.25) is 0 Å². The zero-order valence-electron chi connectivity index (χ0n) is 13.8. The summed E-state index contributed by atoms with van der Waals surface area (Å²) in [6.07, 6.45) is 2.15. The van der Waals surface area contributed by atoms with Crippen molar-refractivity contribution in [3.05, 3.63) is 10.6 Å². The van der Waals surface area contributed by atoms with Crippen molar-refractivity contribution in [2.45, 2.75) is 52.5 Å². The van der Waals surface area contributed by atoms with Crippen molar-refractivity contribution in [1.82, 2.24) is 9.88 Å². The number of carbonyl (C=O) groups is 1. The van der Waals surface area contributed by atoms with Crippen LogP contribution in [0.25, 0.3) is 0 Å². The van der Waals surface area contributed by atoms with Gasteiger partial charge in [0.1, 0.15) is 0 Å². The molecule has 4 nitrogen and oxygen atoms in total. The highest BCUT2D eigenvalue weighted by atomic mass is 32.1. The topological polar surface area (TPSA) is 36.4 Å². The van der Waals surface area contributed by atoms with Gasteiger partial charge in [0.15, 0.2) is 11.4 Å². The molecule has 0 N–H and O–H groups in total. The van der Waals surface area contributed by atoms with Crippen LogP contribution < -0.4 is 4.90 Å². The minimum atomic E-state index is -0.0798. The van der Waals surface area contributed by atoms with Gasteiger partial charge in [-0.05, 0) is 13.3 Å². The average Bonchev–Trinajstić information content (AvgIpc) is 2.91. The van der Waals surface area contributed by atoms with Gasteiger partial charge >= 0.3 is 0 Å². The Morgan fingerprint density at radius 1 is 1.29 bits per heavy atom. The Labute approximate surface area is 132 Å². The van der Waals surface area contributed by atoms with Crippen molar-refractivity contribution < 1.29 is 4.79 Å². The summed E-state index contributed by atoms with van der Waals surface area (Å²) in [5.41, 5.74) is 0.852. The first-order valence-corrected chi connectivity index (χ1v) is 8.64. The average molecular weight is 309 g/mol. The molecule has 1 aromatic heterocycles. The maximum atomic E-state index is 11.3. The number of hydrogen-bond donors (Lipinski definition) is 0. The van der Waals surface area contributed by atoms with Crippen LogP contribution in [0.4, 0.5) is 5.13 Å². The van der Waals surface area contributed by atoms with E-state index in [9.17, 15) is 4.79 Å². The molecule has 0 aliphatic carbocycles. The van der Waals surface area contributed by atoms with E-state index in [1.165, 1.54) is 17.8 Å². The monoisotopic (exact) mass is 309 g/mol. The maximum Gasteiger partial charge on any atom is 0.186 e. The summed E-state index contributed by atoms with van der Waals surface area (Å²) in [4.78, 5) is 21.7. The van der Waals surface area contributed by atoms with Crippen molar-refractivity contribution >= 4 is 22.8 Å². The van der Waals surface area contributed by atoms with E-state index in [2.05, 4.69) is 44.4 Å². The summed E-state index contributed by atoms with van der Waals surface area (Å²) in [7, 11) is 0. The van der Waals surface area contributed by atoms with Crippen LogP contribution in [0, 0.1) is 0 Å². The van der Waals surface area contributed by atoms with E-state index >= 15 is 0 Å². The van der Waals surface area contributed by atoms with Crippen LogP contribution in [-0.2, 0) is 5.41 Å². The SMILES string of the molecule is CCC(C)N1CCN(c2nc(C(C)(C)C)c(C=O)s2)CC1. The molecule has 2 heterocycles. The third kappa shape index (κ3) is 3.64. The molecule has 1 aliphatic rings. The molecule has 0 radical (unpaired) electrons.